The van der Waals surface area contributed by atoms with E-state index in [1.165, 1.54) is 12.1 Å². The van der Waals surface area contributed by atoms with Gasteiger partial charge in [0.1, 0.15) is 0 Å². The van der Waals surface area contributed by atoms with Crippen LogP contribution in [-0.2, 0) is 6.18 Å². The summed E-state index contributed by atoms with van der Waals surface area (Å²) in [7, 11) is 0. The van der Waals surface area contributed by atoms with E-state index in [9.17, 15) is 18.0 Å². The molecule has 0 bridgehead atoms. The van der Waals surface area contributed by atoms with Gasteiger partial charge in [-0.15, -0.1) is 11.3 Å². The second kappa shape index (κ2) is 6.32. The highest BCUT2D eigenvalue weighted by molar-refractivity contribution is 7.13. The predicted molar refractivity (Wildman–Crippen MR) is 88.1 cm³/mol. The van der Waals surface area contributed by atoms with E-state index in [1.807, 2.05) is 6.92 Å². The van der Waals surface area contributed by atoms with Gasteiger partial charge in [0, 0.05) is 5.38 Å². The zero-order valence-electron chi connectivity index (χ0n) is 13.3. The summed E-state index contributed by atoms with van der Waals surface area (Å²) < 4.78 is 41.4. The predicted octanol–water partition coefficient (Wildman–Crippen LogP) is 4.22. The van der Waals surface area contributed by atoms with E-state index in [4.69, 9.17) is 0 Å². The number of benzene rings is 1. The van der Waals surface area contributed by atoms with Crippen LogP contribution in [0.1, 0.15) is 27.3 Å². The van der Waals surface area contributed by atoms with E-state index in [1.54, 1.807) is 24.4 Å². The highest BCUT2D eigenvalue weighted by Gasteiger charge is 2.40. The number of amides is 1. The fourth-order valence-electron chi connectivity index (χ4n) is 2.24. The van der Waals surface area contributed by atoms with Crippen molar-refractivity contribution >= 4 is 22.4 Å². The first-order chi connectivity index (χ1) is 11.8. The molecule has 0 radical (unpaired) electrons. The molecular formula is C16H13F3N4OS. The Morgan fingerprint density at radius 1 is 1.20 bits per heavy atom. The summed E-state index contributed by atoms with van der Waals surface area (Å²) in [5, 5.41) is 8.08. The molecule has 0 aliphatic carbocycles. The largest absolute Gasteiger partial charge is 0.434 e. The summed E-state index contributed by atoms with van der Waals surface area (Å²) in [5.41, 5.74) is 0.124. The summed E-state index contributed by atoms with van der Waals surface area (Å²) >= 11 is 1.14. The van der Waals surface area contributed by atoms with Crippen LogP contribution in [0.3, 0.4) is 0 Å². The Morgan fingerprint density at radius 3 is 2.44 bits per heavy atom. The van der Waals surface area contributed by atoms with Gasteiger partial charge >= 0.3 is 6.18 Å². The molecule has 130 valence electrons. The van der Waals surface area contributed by atoms with Crippen molar-refractivity contribution in [3.8, 4) is 5.69 Å². The number of hydrogen-bond donors (Lipinski definition) is 1. The van der Waals surface area contributed by atoms with Gasteiger partial charge in [-0.2, -0.15) is 18.3 Å². The van der Waals surface area contributed by atoms with Crippen LogP contribution in [0.4, 0.5) is 18.3 Å². The van der Waals surface area contributed by atoms with Crippen LogP contribution in [0, 0.1) is 13.8 Å². The van der Waals surface area contributed by atoms with E-state index in [2.05, 4.69) is 15.4 Å². The molecule has 9 heteroatoms. The monoisotopic (exact) mass is 366 g/mol. The molecule has 0 aliphatic heterocycles. The first-order valence-corrected chi connectivity index (χ1v) is 8.09. The van der Waals surface area contributed by atoms with Crippen molar-refractivity contribution in [3.05, 3.63) is 58.4 Å². The molecular weight excluding hydrogens is 353 g/mol. The quantitative estimate of drug-likeness (QED) is 0.755. The van der Waals surface area contributed by atoms with Gasteiger partial charge in [-0.1, -0.05) is 17.7 Å². The van der Waals surface area contributed by atoms with Crippen LogP contribution >= 0.6 is 11.3 Å². The summed E-state index contributed by atoms with van der Waals surface area (Å²) in [6, 6.07) is 6.39. The first kappa shape index (κ1) is 17.2. The molecule has 1 amide bonds. The summed E-state index contributed by atoms with van der Waals surface area (Å²) in [4.78, 5) is 16.3. The molecule has 3 rings (SSSR count). The van der Waals surface area contributed by atoms with Gasteiger partial charge in [0.15, 0.2) is 10.8 Å². The third-order valence-corrected chi connectivity index (χ3v) is 4.28. The molecule has 2 heterocycles. The Hall–Kier alpha value is -2.68. The van der Waals surface area contributed by atoms with Gasteiger partial charge < -0.3 is 0 Å². The van der Waals surface area contributed by atoms with Gasteiger partial charge in [0.25, 0.3) is 5.91 Å². The highest BCUT2D eigenvalue weighted by atomic mass is 32.1. The van der Waals surface area contributed by atoms with Gasteiger partial charge in [-0.3, -0.25) is 10.1 Å². The van der Waals surface area contributed by atoms with Crippen LogP contribution in [0.15, 0.2) is 35.8 Å². The third-order valence-electron chi connectivity index (χ3n) is 3.40. The molecule has 3 aromatic rings. The van der Waals surface area contributed by atoms with Crippen LogP contribution in [-0.4, -0.2) is 20.7 Å². The van der Waals surface area contributed by atoms with Crippen LogP contribution in [0.5, 0.6) is 0 Å². The maximum atomic E-state index is 13.6. The van der Waals surface area contributed by atoms with Crippen LogP contribution in [0.25, 0.3) is 5.69 Å². The fourth-order valence-corrected chi connectivity index (χ4v) is 2.93. The fraction of sp³-hybridized carbons (Fsp3) is 0.188. The Labute approximate surface area is 145 Å². The molecule has 0 saturated carbocycles. The molecule has 0 unspecified atom stereocenters. The number of carbonyl (C=O) groups is 1. The molecule has 0 spiro atoms. The molecule has 1 N–H and O–H groups in total. The van der Waals surface area contributed by atoms with Crippen molar-refractivity contribution in [1.82, 2.24) is 14.8 Å². The molecule has 2 aromatic heterocycles. The van der Waals surface area contributed by atoms with Crippen molar-refractivity contribution in [3.63, 3.8) is 0 Å². The molecule has 5 nitrogen and oxygen atoms in total. The lowest BCUT2D eigenvalue weighted by molar-refractivity contribution is -0.143. The molecule has 0 atom stereocenters. The zero-order valence-corrected chi connectivity index (χ0v) is 14.1. The number of alkyl halides is 3. The molecule has 0 saturated heterocycles. The number of nitrogens with zero attached hydrogens (tertiary/aromatic N) is 3. The first-order valence-electron chi connectivity index (χ1n) is 7.21. The lowest BCUT2D eigenvalue weighted by Crippen LogP contribution is -2.20. The number of aryl methyl sites for hydroxylation is 2. The van der Waals surface area contributed by atoms with Gasteiger partial charge in [-0.05, 0) is 26.0 Å². The zero-order chi connectivity index (χ0) is 18.2. The maximum Gasteiger partial charge on any atom is 0.434 e. The van der Waals surface area contributed by atoms with E-state index in [-0.39, 0.29) is 10.8 Å². The number of thiazole rings is 1. The number of aromatic nitrogens is 3. The lowest BCUT2D eigenvalue weighted by Gasteiger charge is -2.12. The summed E-state index contributed by atoms with van der Waals surface area (Å²) in [6.07, 6.45) is -3.83. The Bertz CT molecular complexity index is 912. The number of anilines is 1. The Kier molecular flexibility index (Phi) is 4.34. The highest BCUT2D eigenvalue weighted by Crippen LogP contribution is 2.34. The number of halogens is 3. The average Bonchev–Trinajstić information content (AvgIpc) is 3.14. The Morgan fingerprint density at radius 2 is 1.88 bits per heavy atom. The smallest absolute Gasteiger partial charge is 0.298 e. The van der Waals surface area contributed by atoms with Crippen molar-refractivity contribution < 1.29 is 18.0 Å². The number of nitrogens with one attached hydrogen (secondary N) is 1. The van der Waals surface area contributed by atoms with E-state index in [0.29, 0.717) is 5.69 Å². The van der Waals surface area contributed by atoms with Gasteiger partial charge in [0.05, 0.1) is 23.1 Å². The van der Waals surface area contributed by atoms with Crippen molar-refractivity contribution in [2.75, 3.05) is 5.32 Å². The molecule has 1 aromatic carbocycles. The summed E-state index contributed by atoms with van der Waals surface area (Å²) in [6.45, 7) is 3.55. The topological polar surface area (TPSA) is 59.8 Å². The third kappa shape index (κ3) is 3.55. The molecule has 0 fully saturated rings. The second-order valence-electron chi connectivity index (χ2n) is 5.40. The number of hydrogen-bond acceptors (Lipinski definition) is 4. The average molecular weight is 366 g/mol. The minimum atomic E-state index is -4.74. The standard InChI is InChI=1S/C16H13F3N4OS/c1-9-3-5-11(6-4-9)23-13(16(17,18)19)12(7-20-23)14(24)22-15-21-10(2)8-25-15/h3-8H,1-2H3,(H,21,22,24). The van der Waals surface area contributed by atoms with Crippen LogP contribution in [0.2, 0.25) is 0 Å². The summed E-state index contributed by atoms with van der Waals surface area (Å²) in [5.74, 6) is -0.903. The lowest BCUT2D eigenvalue weighted by atomic mass is 10.2. The van der Waals surface area contributed by atoms with Crippen molar-refractivity contribution in [2.24, 2.45) is 0 Å². The van der Waals surface area contributed by atoms with Gasteiger partial charge in [0.2, 0.25) is 0 Å². The van der Waals surface area contributed by atoms with Gasteiger partial charge in [-0.25, -0.2) is 9.67 Å². The minimum absolute atomic E-state index is 0.224. The van der Waals surface area contributed by atoms with E-state index >= 15 is 0 Å². The van der Waals surface area contributed by atoms with E-state index < -0.39 is 23.3 Å². The molecule has 0 aliphatic rings. The minimum Gasteiger partial charge on any atom is -0.298 e. The number of carbonyl (C=O) groups excluding carboxylic acids is 1. The maximum absolute atomic E-state index is 13.6. The van der Waals surface area contributed by atoms with Crippen molar-refractivity contribution in [2.45, 2.75) is 20.0 Å². The number of rotatable bonds is 3. The van der Waals surface area contributed by atoms with Crippen LogP contribution < -0.4 is 5.32 Å². The second-order valence-corrected chi connectivity index (χ2v) is 6.26. The molecule has 25 heavy (non-hydrogen) atoms. The normalized spacial score (nSPS) is 11.6. The van der Waals surface area contributed by atoms with Crippen molar-refractivity contribution in [1.29, 1.82) is 0 Å². The van der Waals surface area contributed by atoms with E-state index in [0.717, 1.165) is 27.8 Å². The Balaban J connectivity index is 2.02. The SMILES string of the molecule is Cc1ccc(-n2ncc(C(=O)Nc3nc(C)cs3)c2C(F)(F)F)cc1.